The van der Waals surface area contributed by atoms with Crippen molar-refractivity contribution in [1.29, 1.82) is 0 Å². The largest absolute Gasteiger partial charge is 0.494 e. The number of ether oxygens (including phenoxy) is 2. The molecule has 3 aromatic carbocycles. The summed E-state index contributed by atoms with van der Waals surface area (Å²) in [4.78, 5) is 37.7. The average Bonchev–Trinajstić information content (AvgIpc) is 3.47. The van der Waals surface area contributed by atoms with Crippen LogP contribution >= 0.6 is 11.3 Å². The van der Waals surface area contributed by atoms with E-state index in [1.165, 1.54) is 18.3 Å². The maximum absolute atomic E-state index is 12.7. The van der Waals surface area contributed by atoms with Crippen molar-refractivity contribution in [2.75, 3.05) is 11.9 Å². The van der Waals surface area contributed by atoms with E-state index in [0.717, 1.165) is 32.6 Å². The summed E-state index contributed by atoms with van der Waals surface area (Å²) < 4.78 is 11.8. The second-order valence-electron chi connectivity index (χ2n) is 8.30. The minimum absolute atomic E-state index is 0.324. The highest BCUT2D eigenvalue weighted by Crippen LogP contribution is 2.29. The van der Waals surface area contributed by atoms with Crippen LogP contribution in [0, 0.1) is 6.92 Å². The third kappa shape index (κ3) is 4.92. The third-order valence-electron chi connectivity index (χ3n) is 5.60. The summed E-state index contributed by atoms with van der Waals surface area (Å²) in [6.07, 6.45) is -1.01. The number of esters is 1. The van der Waals surface area contributed by atoms with E-state index in [1.807, 2.05) is 56.3 Å². The lowest BCUT2D eigenvalue weighted by Gasteiger charge is -2.12. The summed E-state index contributed by atoms with van der Waals surface area (Å²) in [7, 11) is 0. The zero-order chi connectivity index (χ0) is 25.2. The van der Waals surface area contributed by atoms with Gasteiger partial charge < -0.3 is 14.5 Å². The Balaban J connectivity index is 1.26. The quantitative estimate of drug-likeness (QED) is 0.276. The van der Waals surface area contributed by atoms with Crippen LogP contribution in [0.3, 0.4) is 0 Å². The van der Waals surface area contributed by atoms with Crippen molar-refractivity contribution in [3.63, 3.8) is 0 Å². The van der Waals surface area contributed by atoms with E-state index in [4.69, 9.17) is 9.47 Å². The molecular weight excluding hydrogens is 476 g/mol. The Morgan fingerprint density at radius 1 is 1.03 bits per heavy atom. The second kappa shape index (κ2) is 9.79. The molecule has 2 heterocycles. The normalized spacial score (nSPS) is 12.0. The van der Waals surface area contributed by atoms with Crippen LogP contribution in [0.1, 0.15) is 29.8 Å². The lowest BCUT2D eigenvalue weighted by molar-refractivity contribution is -0.123. The number of imidazole rings is 1. The van der Waals surface area contributed by atoms with Crippen LogP contribution in [-0.4, -0.2) is 39.5 Å². The number of benzene rings is 3. The monoisotopic (exact) mass is 500 g/mol. The highest BCUT2D eigenvalue weighted by Gasteiger charge is 2.21. The first kappa shape index (κ1) is 23.5. The molecule has 5 rings (SSSR count). The molecule has 0 saturated carbocycles. The predicted molar refractivity (Wildman–Crippen MR) is 141 cm³/mol. The van der Waals surface area contributed by atoms with Crippen molar-refractivity contribution in [2.45, 2.75) is 26.9 Å². The summed E-state index contributed by atoms with van der Waals surface area (Å²) in [6, 6.07) is 18.6. The molecule has 0 spiro atoms. The fourth-order valence-electron chi connectivity index (χ4n) is 3.69. The molecule has 0 saturated heterocycles. The molecule has 1 atom stereocenters. The summed E-state index contributed by atoms with van der Waals surface area (Å²) >= 11 is 1.33. The van der Waals surface area contributed by atoms with Crippen LogP contribution in [0.5, 0.6) is 5.75 Å². The smallest absolute Gasteiger partial charge is 0.338 e. The van der Waals surface area contributed by atoms with Crippen LogP contribution in [0.15, 0.2) is 60.7 Å². The highest BCUT2D eigenvalue weighted by molar-refractivity contribution is 7.22. The molecule has 2 N–H and O–H groups in total. The van der Waals surface area contributed by atoms with Crippen molar-refractivity contribution in [3.05, 3.63) is 71.8 Å². The molecule has 0 aliphatic carbocycles. The molecule has 9 heteroatoms. The highest BCUT2D eigenvalue weighted by atomic mass is 32.1. The first-order valence-electron chi connectivity index (χ1n) is 11.5. The molecule has 8 nitrogen and oxygen atoms in total. The van der Waals surface area contributed by atoms with Gasteiger partial charge in [0.2, 0.25) is 0 Å². The van der Waals surface area contributed by atoms with E-state index < -0.39 is 18.0 Å². The number of aryl methyl sites for hydroxylation is 1. The topological polar surface area (TPSA) is 106 Å². The number of nitrogens with zero attached hydrogens (tertiary/aromatic N) is 2. The molecular formula is C27H24N4O4S. The number of fused-ring (bicyclic) bond motifs is 2. The zero-order valence-corrected chi connectivity index (χ0v) is 20.8. The lowest BCUT2D eigenvalue weighted by atomic mass is 10.1. The van der Waals surface area contributed by atoms with Crippen LogP contribution in [-0.2, 0) is 9.53 Å². The van der Waals surface area contributed by atoms with Gasteiger partial charge in [0.15, 0.2) is 11.2 Å². The SMILES string of the molecule is CCOc1ccc2nc(NC(=O)C(C)OC(=O)c3ccc4nc(-c5ccc(C)cc5)[nH]c4c3)sc2c1. The molecule has 0 bridgehead atoms. The van der Waals surface area contributed by atoms with Gasteiger partial charge >= 0.3 is 5.97 Å². The second-order valence-corrected chi connectivity index (χ2v) is 9.33. The standard InChI is InChI=1S/C27H24N4O4S/c1-4-34-19-10-12-21-23(14-19)36-27(30-21)31-25(32)16(3)35-26(33)18-9-11-20-22(13-18)29-24(28-20)17-7-5-15(2)6-8-17/h5-14,16H,4H2,1-3H3,(H,28,29)(H,30,31,32). The van der Waals surface area contributed by atoms with Gasteiger partial charge in [-0.3, -0.25) is 10.1 Å². The van der Waals surface area contributed by atoms with Crippen molar-refractivity contribution >= 4 is 49.6 Å². The van der Waals surface area contributed by atoms with Crippen LogP contribution in [0.2, 0.25) is 0 Å². The van der Waals surface area contributed by atoms with Crippen molar-refractivity contribution in [3.8, 4) is 17.1 Å². The Bertz CT molecular complexity index is 1570. The van der Waals surface area contributed by atoms with Gasteiger partial charge in [0.25, 0.3) is 5.91 Å². The number of amides is 1. The van der Waals surface area contributed by atoms with E-state index >= 15 is 0 Å². The molecule has 0 aliphatic rings. The minimum atomic E-state index is -1.01. The molecule has 0 radical (unpaired) electrons. The number of aromatic amines is 1. The maximum Gasteiger partial charge on any atom is 0.338 e. The summed E-state index contributed by atoms with van der Waals surface area (Å²) in [6.45, 7) is 6.04. The van der Waals surface area contributed by atoms with E-state index in [9.17, 15) is 9.59 Å². The summed E-state index contributed by atoms with van der Waals surface area (Å²) in [5.74, 6) is 0.398. The van der Waals surface area contributed by atoms with Gasteiger partial charge in [-0.25, -0.2) is 14.8 Å². The van der Waals surface area contributed by atoms with Gasteiger partial charge in [-0.2, -0.15) is 0 Å². The Labute approximate surface area is 211 Å². The van der Waals surface area contributed by atoms with E-state index in [-0.39, 0.29) is 0 Å². The van der Waals surface area contributed by atoms with Crippen molar-refractivity contribution in [2.24, 2.45) is 0 Å². The number of aromatic nitrogens is 3. The molecule has 1 unspecified atom stereocenters. The first-order chi connectivity index (χ1) is 17.4. The molecule has 5 aromatic rings. The predicted octanol–water partition coefficient (Wildman–Crippen LogP) is 5.73. The van der Waals surface area contributed by atoms with Gasteiger partial charge in [-0.05, 0) is 57.2 Å². The summed E-state index contributed by atoms with van der Waals surface area (Å²) in [5.41, 5.74) is 4.63. The van der Waals surface area contributed by atoms with Gasteiger partial charge in [-0.15, -0.1) is 0 Å². The number of nitrogens with one attached hydrogen (secondary N) is 2. The number of hydrogen-bond acceptors (Lipinski definition) is 7. The number of thiazole rings is 1. The van der Waals surface area contributed by atoms with Gasteiger partial charge in [-0.1, -0.05) is 41.2 Å². The number of rotatable bonds is 7. The van der Waals surface area contributed by atoms with E-state index in [0.29, 0.717) is 28.6 Å². The Hall–Kier alpha value is -4.24. The number of hydrogen-bond donors (Lipinski definition) is 2. The molecule has 36 heavy (non-hydrogen) atoms. The molecule has 182 valence electrons. The van der Waals surface area contributed by atoms with E-state index in [1.54, 1.807) is 18.2 Å². The summed E-state index contributed by atoms with van der Waals surface area (Å²) in [5, 5.41) is 3.15. The van der Waals surface area contributed by atoms with Crippen LogP contribution in [0.25, 0.3) is 32.6 Å². The average molecular weight is 501 g/mol. The van der Waals surface area contributed by atoms with Gasteiger partial charge in [0.1, 0.15) is 11.6 Å². The lowest BCUT2D eigenvalue weighted by Crippen LogP contribution is -2.29. The zero-order valence-electron chi connectivity index (χ0n) is 20.0. The van der Waals surface area contributed by atoms with Gasteiger partial charge in [0.05, 0.1) is 33.4 Å². The Kier molecular flexibility index (Phi) is 6.39. The van der Waals surface area contributed by atoms with Crippen LogP contribution < -0.4 is 10.1 Å². The van der Waals surface area contributed by atoms with Gasteiger partial charge in [0, 0.05) is 5.56 Å². The number of carbonyl (C=O) groups excluding carboxylic acids is 2. The number of H-pyrrole nitrogens is 1. The number of carbonyl (C=O) groups is 2. The van der Waals surface area contributed by atoms with E-state index in [2.05, 4.69) is 20.3 Å². The van der Waals surface area contributed by atoms with Crippen molar-refractivity contribution < 1.29 is 19.1 Å². The maximum atomic E-state index is 12.7. The molecule has 2 aromatic heterocycles. The minimum Gasteiger partial charge on any atom is -0.494 e. The number of anilines is 1. The molecule has 0 aliphatic heterocycles. The Morgan fingerprint density at radius 2 is 1.81 bits per heavy atom. The Morgan fingerprint density at radius 3 is 2.58 bits per heavy atom. The third-order valence-corrected chi connectivity index (χ3v) is 6.53. The fraction of sp³-hybridized carbons (Fsp3) is 0.185. The first-order valence-corrected chi connectivity index (χ1v) is 12.3. The molecule has 1 amide bonds. The fourth-order valence-corrected chi connectivity index (χ4v) is 4.59. The molecule has 0 fully saturated rings. The van der Waals surface area contributed by atoms with Crippen LogP contribution in [0.4, 0.5) is 5.13 Å². The van der Waals surface area contributed by atoms with Crippen molar-refractivity contribution in [1.82, 2.24) is 15.0 Å².